The molecule has 0 bridgehead atoms. The molecule has 0 saturated carbocycles. The lowest BCUT2D eigenvalue weighted by atomic mass is 10.1. The first-order valence-corrected chi connectivity index (χ1v) is 12.4. The van der Waals surface area contributed by atoms with E-state index in [4.69, 9.17) is 15.9 Å². The largest absolute Gasteiger partial charge is 0.481 e. The molecule has 30 heavy (non-hydrogen) atoms. The van der Waals surface area contributed by atoms with Crippen molar-refractivity contribution in [3.05, 3.63) is 48.0 Å². The Labute approximate surface area is 175 Å². The molecule has 0 aliphatic carbocycles. The number of aliphatic carboxylic acids is 1. The van der Waals surface area contributed by atoms with Crippen molar-refractivity contribution in [2.75, 3.05) is 35.7 Å². The first-order chi connectivity index (χ1) is 14.0. The van der Waals surface area contributed by atoms with Gasteiger partial charge in [0.15, 0.2) is 19.7 Å². The minimum absolute atomic E-state index is 0.0609. The monoisotopic (exact) mass is 456 g/mol. The summed E-state index contributed by atoms with van der Waals surface area (Å²) in [6, 6.07) is 10.6. The van der Waals surface area contributed by atoms with Crippen LogP contribution in [-0.2, 0) is 30.9 Å². The number of carboxylic acid groups (broad SMARTS) is 1. The number of hydrogen-bond donors (Lipinski definition) is 4. The fraction of sp³-hybridized carbons (Fsp3) is 0.316. The Morgan fingerprint density at radius 3 is 2.23 bits per heavy atom. The lowest BCUT2D eigenvalue weighted by molar-refractivity contribution is -0.136. The second kappa shape index (κ2) is 9.92. The summed E-state index contributed by atoms with van der Waals surface area (Å²) < 4.78 is 48.8. The number of rotatable bonds is 11. The average Bonchev–Trinajstić information content (AvgIpc) is 2.68. The number of aliphatic hydroxyl groups is 1. The number of hydrogen-bond acceptors (Lipinski definition) is 8. The van der Waals surface area contributed by atoms with E-state index in [1.165, 1.54) is 24.3 Å². The minimum atomic E-state index is -3.84. The van der Waals surface area contributed by atoms with E-state index in [-0.39, 0.29) is 21.2 Å². The molecule has 0 spiro atoms. The Hall–Kier alpha value is -2.63. The number of anilines is 2. The highest BCUT2D eigenvalue weighted by Gasteiger charge is 2.20. The molecule has 0 radical (unpaired) electrons. The zero-order chi connectivity index (χ0) is 22.4. The van der Waals surface area contributed by atoms with Gasteiger partial charge in [0.1, 0.15) is 0 Å². The third-order valence-electron chi connectivity index (χ3n) is 4.30. The number of nitrogen functional groups attached to an aromatic ring is 1. The lowest BCUT2D eigenvalue weighted by Crippen LogP contribution is -2.15. The van der Waals surface area contributed by atoms with E-state index in [1.807, 2.05) is 0 Å². The van der Waals surface area contributed by atoms with Gasteiger partial charge in [-0.1, -0.05) is 12.1 Å². The summed E-state index contributed by atoms with van der Waals surface area (Å²) in [6.45, 7) is -0.0958. The first-order valence-electron chi connectivity index (χ1n) is 9.05. The Kier molecular flexibility index (Phi) is 7.82. The summed E-state index contributed by atoms with van der Waals surface area (Å²) in [4.78, 5) is 10.8. The van der Waals surface area contributed by atoms with Crippen molar-refractivity contribution in [3.63, 3.8) is 0 Å². The summed E-state index contributed by atoms with van der Waals surface area (Å²) in [5.41, 5.74) is 7.09. The lowest BCUT2D eigenvalue weighted by Gasteiger charge is -2.13. The fourth-order valence-electron chi connectivity index (χ4n) is 2.72. The van der Waals surface area contributed by atoms with Gasteiger partial charge in [0.25, 0.3) is 0 Å². The molecule has 2 rings (SSSR count). The number of sulfone groups is 2. The SMILES string of the molecule is Nc1ccc(NCCc2ccc(S(=O)(=O)CCO)cc2)c(S(=O)(=O)CCC(=O)O)c1. The van der Waals surface area contributed by atoms with Gasteiger partial charge in [0.05, 0.1) is 40.0 Å². The van der Waals surface area contributed by atoms with Crippen molar-refractivity contribution in [3.8, 4) is 0 Å². The molecule has 164 valence electrons. The predicted octanol–water partition coefficient (Wildman–Crippen LogP) is 0.938. The van der Waals surface area contributed by atoms with Gasteiger partial charge in [0, 0.05) is 12.2 Å². The van der Waals surface area contributed by atoms with Gasteiger partial charge in [-0.2, -0.15) is 0 Å². The van der Waals surface area contributed by atoms with Gasteiger partial charge in [-0.3, -0.25) is 4.79 Å². The second-order valence-corrected chi connectivity index (χ2v) is 10.8. The number of carbonyl (C=O) groups is 1. The Bertz CT molecular complexity index is 1100. The predicted molar refractivity (Wildman–Crippen MR) is 113 cm³/mol. The van der Waals surface area contributed by atoms with Gasteiger partial charge in [0.2, 0.25) is 0 Å². The van der Waals surface area contributed by atoms with E-state index in [0.29, 0.717) is 18.7 Å². The average molecular weight is 457 g/mol. The summed E-state index contributed by atoms with van der Waals surface area (Å²) in [7, 11) is -7.36. The van der Waals surface area contributed by atoms with Crippen LogP contribution in [0.4, 0.5) is 11.4 Å². The van der Waals surface area contributed by atoms with Crippen LogP contribution in [0.25, 0.3) is 0 Å². The van der Waals surface area contributed by atoms with E-state index in [1.54, 1.807) is 18.2 Å². The molecule has 11 heteroatoms. The molecule has 9 nitrogen and oxygen atoms in total. The maximum Gasteiger partial charge on any atom is 0.304 e. The highest BCUT2D eigenvalue weighted by Crippen LogP contribution is 2.25. The van der Waals surface area contributed by atoms with Crippen LogP contribution in [0.1, 0.15) is 12.0 Å². The summed E-state index contributed by atoms with van der Waals surface area (Å²) in [5, 5.41) is 20.6. The van der Waals surface area contributed by atoms with Crippen LogP contribution in [0.5, 0.6) is 0 Å². The standard InChI is InChI=1S/C19H24N2O7S2/c20-15-3-6-17(18(13-15)30(27,28)11-8-19(23)24)21-9-7-14-1-4-16(5-2-14)29(25,26)12-10-22/h1-6,13,21-22H,7-12,20H2,(H,23,24). The molecule has 0 fully saturated rings. The molecule has 0 unspecified atom stereocenters. The number of carboxylic acids is 1. The van der Waals surface area contributed by atoms with E-state index in [9.17, 15) is 21.6 Å². The van der Waals surface area contributed by atoms with Crippen LogP contribution in [0, 0.1) is 0 Å². The zero-order valence-corrected chi connectivity index (χ0v) is 17.7. The maximum absolute atomic E-state index is 12.5. The van der Waals surface area contributed by atoms with Crippen molar-refractivity contribution >= 4 is 37.0 Å². The van der Waals surface area contributed by atoms with Gasteiger partial charge in [-0.15, -0.1) is 0 Å². The van der Waals surface area contributed by atoms with Gasteiger partial charge in [-0.05, 0) is 42.3 Å². The van der Waals surface area contributed by atoms with Crippen molar-refractivity contribution in [2.24, 2.45) is 0 Å². The quantitative estimate of drug-likeness (QED) is 0.360. The van der Waals surface area contributed by atoms with Gasteiger partial charge >= 0.3 is 5.97 Å². The van der Waals surface area contributed by atoms with Gasteiger partial charge < -0.3 is 21.3 Å². The molecular weight excluding hydrogens is 432 g/mol. The van der Waals surface area contributed by atoms with E-state index in [2.05, 4.69) is 5.32 Å². The molecule has 0 aliphatic rings. The molecule has 2 aromatic carbocycles. The van der Waals surface area contributed by atoms with Crippen LogP contribution in [0.2, 0.25) is 0 Å². The van der Waals surface area contributed by atoms with E-state index >= 15 is 0 Å². The third-order valence-corrected chi connectivity index (χ3v) is 7.76. The van der Waals surface area contributed by atoms with Crippen molar-refractivity contribution < 1.29 is 31.8 Å². The highest BCUT2D eigenvalue weighted by molar-refractivity contribution is 7.91. The van der Waals surface area contributed by atoms with Crippen molar-refractivity contribution in [2.45, 2.75) is 22.6 Å². The molecule has 0 aromatic heterocycles. The second-order valence-electron chi connectivity index (χ2n) is 6.58. The normalized spacial score (nSPS) is 11.9. The third kappa shape index (κ3) is 6.44. The summed E-state index contributed by atoms with van der Waals surface area (Å²) >= 11 is 0. The van der Waals surface area contributed by atoms with Crippen LogP contribution < -0.4 is 11.1 Å². The smallest absolute Gasteiger partial charge is 0.304 e. The molecule has 0 amide bonds. The van der Waals surface area contributed by atoms with Crippen molar-refractivity contribution in [1.82, 2.24) is 0 Å². The van der Waals surface area contributed by atoms with Crippen LogP contribution >= 0.6 is 0 Å². The van der Waals surface area contributed by atoms with Crippen LogP contribution in [-0.4, -0.2) is 57.7 Å². The molecule has 0 saturated heterocycles. The van der Waals surface area contributed by atoms with Crippen LogP contribution in [0.3, 0.4) is 0 Å². The van der Waals surface area contributed by atoms with Crippen LogP contribution in [0.15, 0.2) is 52.3 Å². The summed E-state index contributed by atoms with van der Waals surface area (Å²) in [5.74, 6) is -2.09. The fourth-order valence-corrected chi connectivity index (χ4v) is 5.20. The number of nitrogens with two attached hydrogens (primary N) is 1. The molecule has 5 N–H and O–H groups in total. The summed E-state index contributed by atoms with van der Waals surface area (Å²) in [6.07, 6.45) is -0.0264. The van der Waals surface area contributed by atoms with Crippen molar-refractivity contribution in [1.29, 1.82) is 0 Å². The van der Waals surface area contributed by atoms with E-state index < -0.39 is 44.4 Å². The molecule has 2 aromatic rings. The zero-order valence-electron chi connectivity index (χ0n) is 16.1. The highest BCUT2D eigenvalue weighted by atomic mass is 32.2. The first kappa shape index (κ1) is 23.6. The van der Waals surface area contributed by atoms with E-state index in [0.717, 1.165) is 5.56 Å². The Balaban J connectivity index is 2.09. The molecule has 0 aliphatic heterocycles. The number of benzene rings is 2. The molecule has 0 atom stereocenters. The molecular formula is C19H24N2O7S2. The minimum Gasteiger partial charge on any atom is -0.481 e. The Morgan fingerprint density at radius 2 is 1.63 bits per heavy atom. The Morgan fingerprint density at radius 1 is 0.967 bits per heavy atom. The van der Waals surface area contributed by atoms with Gasteiger partial charge in [-0.25, -0.2) is 16.8 Å². The maximum atomic E-state index is 12.5. The molecule has 0 heterocycles. The number of nitrogens with one attached hydrogen (secondary N) is 1. The number of aliphatic hydroxyl groups excluding tert-OH is 1. The topological polar surface area (TPSA) is 164 Å².